The monoisotopic (exact) mass is 517 g/mol. The van der Waals surface area contributed by atoms with Crippen LogP contribution in [0.3, 0.4) is 0 Å². The van der Waals surface area contributed by atoms with Crippen LogP contribution in [-0.4, -0.2) is 49.6 Å². The summed E-state index contributed by atoms with van der Waals surface area (Å²) in [5.41, 5.74) is 3.89. The molecule has 1 atom stereocenters. The SMILES string of the molecule is CCOC(=O)C(C(=O)C1=C(N2CCOCC2)c2cc(Cl)ccc2C1)c1cccc(Oc2ccccc2)c1. The number of ketones is 1. The van der Waals surface area contributed by atoms with Gasteiger partial charge in [-0.25, -0.2) is 0 Å². The summed E-state index contributed by atoms with van der Waals surface area (Å²) in [6, 6.07) is 22.1. The molecule has 0 bridgehead atoms. The number of esters is 1. The molecule has 1 heterocycles. The van der Waals surface area contributed by atoms with Crippen molar-refractivity contribution in [2.45, 2.75) is 19.3 Å². The van der Waals surface area contributed by atoms with Crippen LogP contribution in [0, 0.1) is 0 Å². The standard InChI is InChI=1S/C30H28ClNO5/c1-2-36-30(34)27(21-7-6-10-24(17-21)37-23-8-4-3-5-9-23)29(33)26-18-20-11-12-22(31)19-25(20)28(26)32-13-15-35-16-14-32/h3-12,17,19,27H,2,13-16,18H2,1H3. The van der Waals surface area contributed by atoms with Gasteiger partial charge >= 0.3 is 5.97 Å². The van der Waals surface area contributed by atoms with E-state index in [2.05, 4.69) is 4.90 Å². The van der Waals surface area contributed by atoms with Crippen molar-refractivity contribution in [2.24, 2.45) is 0 Å². The Morgan fingerprint density at radius 3 is 2.49 bits per heavy atom. The van der Waals surface area contributed by atoms with Crippen LogP contribution in [0.1, 0.15) is 29.5 Å². The molecule has 1 fully saturated rings. The van der Waals surface area contributed by atoms with Gasteiger partial charge in [-0.15, -0.1) is 0 Å². The smallest absolute Gasteiger partial charge is 0.321 e. The molecular weight excluding hydrogens is 490 g/mol. The second-order valence-corrected chi connectivity index (χ2v) is 9.38. The highest BCUT2D eigenvalue weighted by atomic mass is 35.5. The summed E-state index contributed by atoms with van der Waals surface area (Å²) >= 11 is 6.35. The Kier molecular flexibility index (Phi) is 7.58. The number of morpholine rings is 1. The molecule has 6 nitrogen and oxygen atoms in total. The van der Waals surface area contributed by atoms with E-state index in [0.29, 0.717) is 60.4 Å². The largest absolute Gasteiger partial charge is 0.465 e. The highest BCUT2D eigenvalue weighted by Gasteiger charge is 2.38. The predicted molar refractivity (Wildman–Crippen MR) is 142 cm³/mol. The van der Waals surface area contributed by atoms with E-state index in [4.69, 9.17) is 25.8 Å². The van der Waals surface area contributed by atoms with Gasteiger partial charge in [0.05, 0.1) is 25.5 Å². The van der Waals surface area contributed by atoms with Gasteiger partial charge in [-0.05, 0) is 54.4 Å². The molecule has 0 radical (unpaired) electrons. The van der Waals surface area contributed by atoms with Crippen LogP contribution in [0.4, 0.5) is 0 Å². The summed E-state index contributed by atoms with van der Waals surface area (Å²) in [5, 5.41) is 0.603. The minimum absolute atomic E-state index is 0.175. The van der Waals surface area contributed by atoms with Crippen LogP contribution in [0.5, 0.6) is 11.5 Å². The first-order chi connectivity index (χ1) is 18.0. The Morgan fingerprint density at radius 2 is 1.73 bits per heavy atom. The van der Waals surface area contributed by atoms with Crippen molar-refractivity contribution in [2.75, 3.05) is 32.9 Å². The number of benzene rings is 3. The molecule has 0 spiro atoms. The van der Waals surface area contributed by atoms with Crippen LogP contribution in [-0.2, 0) is 25.5 Å². The molecule has 0 saturated carbocycles. The van der Waals surface area contributed by atoms with Gasteiger partial charge in [-0.1, -0.05) is 48.0 Å². The number of halogens is 1. The molecule has 0 amide bonds. The fraction of sp³-hybridized carbons (Fsp3) is 0.267. The number of ether oxygens (including phenoxy) is 3. The molecule has 0 aromatic heterocycles. The van der Waals surface area contributed by atoms with Crippen molar-refractivity contribution >= 4 is 29.1 Å². The van der Waals surface area contributed by atoms with E-state index in [0.717, 1.165) is 16.8 Å². The third-order valence-corrected chi connectivity index (χ3v) is 6.79. The van der Waals surface area contributed by atoms with Gasteiger partial charge in [0.25, 0.3) is 0 Å². The minimum Gasteiger partial charge on any atom is -0.465 e. The predicted octanol–water partition coefficient (Wildman–Crippen LogP) is 5.65. The lowest BCUT2D eigenvalue weighted by molar-refractivity contribution is -0.147. The maximum atomic E-state index is 14.2. The fourth-order valence-electron chi connectivity index (χ4n) is 4.89. The van der Waals surface area contributed by atoms with E-state index in [-0.39, 0.29) is 12.4 Å². The summed E-state index contributed by atoms with van der Waals surface area (Å²) in [6.07, 6.45) is 0.425. The maximum absolute atomic E-state index is 14.2. The highest BCUT2D eigenvalue weighted by molar-refractivity contribution is 6.31. The maximum Gasteiger partial charge on any atom is 0.321 e. The number of nitrogens with zero attached hydrogens (tertiary/aromatic N) is 1. The minimum atomic E-state index is -1.12. The van der Waals surface area contributed by atoms with Gasteiger partial charge < -0.3 is 19.1 Å². The van der Waals surface area contributed by atoms with Crippen molar-refractivity contribution in [1.82, 2.24) is 4.90 Å². The summed E-state index contributed by atoms with van der Waals surface area (Å²) < 4.78 is 16.9. The average molecular weight is 518 g/mol. The molecule has 0 N–H and O–H groups in total. The second-order valence-electron chi connectivity index (χ2n) is 8.94. The lowest BCUT2D eigenvalue weighted by Crippen LogP contribution is -2.36. The molecule has 2 aliphatic rings. The first-order valence-electron chi connectivity index (χ1n) is 12.4. The lowest BCUT2D eigenvalue weighted by Gasteiger charge is -2.31. The van der Waals surface area contributed by atoms with E-state index in [1.165, 1.54) is 0 Å². The Balaban J connectivity index is 1.55. The van der Waals surface area contributed by atoms with Crippen molar-refractivity contribution in [3.05, 3.63) is 100 Å². The molecule has 190 valence electrons. The average Bonchev–Trinajstić information content (AvgIpc) is 3.29. The molecular formula is C30H28ClNO5. The number of para-hydroxylation sites is 1. The number of fused-ring (bicyclic) bond motifs is 1. The zero-order valence-electron chi connectivity index (χ0n) is 20.6. The van der Waals surface area contributed by atoms with Gasteiger partial charge in [-0.3, -0.25) is 9.59 Å². The van der Waals surface area contributed by atoms with Gasteiger partial charge in [-0.2, -0.15) is 0 Å². The molecule has 7 heteroatoms. The van der Waals surface area contributed by atoms with Crippen molar-refractivity contribution in [3.63, 3.8) is 0 Å². The Labute approximate surface area is 221 Å². The van der Waals surface area contributed by atoms with E-state index >= 15 is 0 Å². The zero-order chi connectivity index (χ0) is 25.8. The first-order valence-corrected chi connectivity index (χ1v) is 12.8. The van der Waals surface area contributed by atoms with Crippen molar-refractivity contribution < 1.29 is 23.8 Å². The molecule has 37 heavy (non-hydrogen) atoms. The van der Waals surface area contributed by atoms with Crippen molar-refractivity contribution in [3.8, 4) is 11.5 Å². The van der Waals surface area contributed by atoms with Crippen LogP contribution in [0.15, 0.2) is 78.4 Å². The van der Waals surface area contributed by atoms with Crippen LogP contribution in [0.2, 0.25) is 5.02 Å². The number of carbonyl (C=O) groups is 2. The summed E-state index contributed by atoms with van der Waals surface area (Å²) in [5.74, 6) is -0.764. The number of hydrogen-bond acceptors (Lipinski definition) is 6. The van der Waals surface area contributed by atoms with Crippen LogP contribution < -0.4 is 4.74 Å². The molecule has 3 aromatic rings. The molecule has 5 rings (SSSR count). The molecule has 1 aliphatic heterocycles. The number of Topliss-reactive ketones (excluding diaryl/α,β-unsaturated/α-hetero) is 1. The quantitative estimate of drug-likeness (QED) is 0.284. The number of carbonyl (C=O) groups excluding carboxylic acids is 2. The third-order valence-electron chi connectivity index (χ3n) is 6.56. The first kappa shape index (κ1) is 25.1. The number of hydrogen-bond donors (Lipinski definition) is 0. The van der Waals surface area contributed by atoms with Gasteiger partial charge in [0.2, 0.25) is 0 Å². The van der Waals surface area contributed by atoms with E-state index < -0.39 is 11.9 Å². The lowest BCUT2D eigenvalue weighted by atomic mass is 9.89. The summed E-state index contributed by atoms with van der Waals surface area (Å²) in [7, 11) is 0. The molecule has 1 saturated heterocycles. The second kappa shape index (κ2) is 11.2. The number of rotatable bonds is 8. The van der Waals surface area contributed by atoms with Crippen molar-refractivity contribution in [1.29, 1.82) is 0 Å². The zero-order valence-corrected chi connectivity index (χ0v) is 21.4. The van der Waals surface area contributed by atoms with E-state index in [9.17, 15) is 9.59 Å². The molecule has 1 unspecified atom stereocenters. The summed E-state index contributed by atoms with van der Waals surface area (Å²) in [6.45, 7) is 4.36. The van der Waals surface area contributed by atoms with Gasteiger partial charge in [0, 0.05) is 35.7 Å². The Morgan fingerprint density at radius 1 is 0.973 bits per heavy atom. The fourth-order valence-corrected chi connectivity index (χ4v) is 5.06. The number of allylic oxidation sites excluding steroid dienone is 1. The van der Waals surface area contributed by atoms with Crippen LogP contribution in [0.25, 0.3) is 5.70 Å². The summed E-state index contributed by atoms with van der Waals surface area (Å²) in [4.78, 5) is 29.7. The third kappa shape index (κ3) is 5.41. The highest BCUT2D eigenvalue weighted by Crippen LogP contribution is 2.40. The van der Waals surface area contributed by atoms with Gasteiger partial charge in [0.15, 0.2) is 5.78 Å². The van der Waals surface area contributed by atoms with Gasteiger partial charge in [0.1, 0.15) is 17.4 Å². The van der Waals surface area contributed by atoms with E-state index in [1.807, 2.05) is 48.5 Å². The molecule has 1 aliphatic carbocycles. The van der Waals surface area contributed by atoms with E-state index in [1.54, 1.807) is 31.2 Å². The molecule has 3 aromatic carbocycles. The Bertz CT molecular complexity index is 1330. The van der Waals surface area contributed by atoms with Crippen LogP contribution >= 0.6 is 11.6 Å². The topological polar surface area (TPSA) is 65.1 Å². The Hall–Kier alpha value is -3.61. The normalized spacial score (nSPS) is 15.8.